The summed E-state index contributed by atoms with van der Waals surface area (Å²) in [6.07, 6.45) is 15.6. The summed E-state index contributed by atoms with van der Waals surface area (Å²) in [6.45, 7) is 3.74. The summed E-state index contributed by atoms with van der Waals surface area (Å²) >= 11 is 0. The fourth-order valence-electron chi connectivity index (χ4n) is 8.42. The molecule has 6 aromatic rings. The standard InChI is InChI=1S/C59H68O7/c1-2-3-4-5-6-7-8-9-10-11-12-13-26-35-58(60)65-57-41-52-54(63-44-48-31-22-16-23-32-48)39-51(61-42-46-27-18-14-19-28-46)40-55(52)66-59(57)50-36-37-53(62-43-47-29-20-15-21-30-47)56(38-50)64-45-49-33-24-17-25-34-49/h14-25,27-34,36-40,57,59H,2-13,26,35,41-45H2,1H3. The third-order valence-corrected chi connectivity index (χ3v) is 12.2. The van der Waals surface area contributed by atoms with Gasteiger partial charge in [0.2, 0.25) is 0 Å². The van der Waals surface area contributed by atoms with Gasteiger partial charge < -0.3 is 28.4 Å². The van der Waals surface area contributed by atoms with E-state index in [9.17, 15) is 4.79 Å². The van der Waals surface area contributed by atoms with Gasteiger partial charge in [-0.2, -0.15) is 0 Å². The molecule has 66 heavy (non-hydrogen) atoms. The van der Waals surface area contributed by atoms with Crippen LogP contribution in [0, 0.1) is 0 Å². The Morgan fingerprint density at radius 3 is 1.45 bits per heavy atom. The maximum atomic E-state index is 13.8. The van der Waals surface area contributed by atoms with Crippen LogP contribution in [0.5, 0.6) is 28.7 Å². The molecule has 0 N–H and O–H groups in total. The normalized spacial score (nSPS) is 14.1. The Balaban J connectivity index is 1.10. The molecule has 0 spiro atoms. The van der Waals surface area contributed by atoms with Gasteiger partial charge >= 0.3 is 5.97 Å². The van der Waals surface area contributed by atoms with E-state index in [1.807, 2.05) is 152 Å². The Labute approximate surface area is 393 Å². The zero-order valence-corrected chi connectivity index (χ0v) is 38.9. The number of esters is 1. The predicted molar refractivity (Wildman–Crippen MR) is 263 cm³/mol. The molecular weight excluding hydrogens is 821 g/mol. The van der Waals surface area contributed by atoms with E-state index >= 15 is 0 Å². The van der Waals surface area contributed by atoms with Crippen molar-refractivity contribution in [1.82, 2.24) is 0 Å². The molecule has 1 aliphatic heterocycles. The molecule has 7 heteroatoms. The van der Waals surface area contributed by atoms with Gasteiger partial charge in [-0.05, 0) is 40.8 Å². The highest BCUT2D eigenvalue weighted by atomic mass is 16.6. The van der Waals surface area contributed by atoms with Gasteiger partial charge in [-0.1, -0.05) is 211 Å². The largest absolute Gasteiger partial charge is 0.489 e. The summed E-state index contributed by atoms with van der Waals surface area (Å²) in [6, 6.07) is 50.1. The van der Waals surface area contributed by atoms with Gasteiger partial charge in [-0.15, -0.1) is 0 Å². The summed E-state index contributed by atoms with van der Waals surface area (Å²) in [5, 5.41) is 0. The van der Waals surface area contributed by atoms with Crippen molar-refractivity contribution in [3.63, 3.8) is 0 Å². The van der Waals surface area contributed by atoms with Gasteiger partial charge in [0.1, 0.15) is 49.8 Å². The van der Waals surface area contributed by atoms with Crippen LogP contribution in [0.3, 0.4) is 0 Å². The number of ether oxygens (including phenoxy) is 6. The van der Waals surface area contributed by atoms with Crippen LogP contribution in [0.4, 0.5) is 0 Å². The van der Waals surface area contributed by atoms with Crippen LogP contribution < -0.4 is 23.7 Å². The van der Waals surface area contributed by atoms with Crippen molar-refractivity contribution in [3.05, 3.63) is 185 Å². The Morgan fingerprint density at radius 2 is 0.939 bits per heavy atom. The van der Waals surface area contributed by atoms with Gasteiger partial charge in [0, 0.05) is 36.1 Å². The van der Waals surface area contributed by atoms with Crippen LogP contribution >= 0.6 is 0 Å². The van der Waals surface area contributed by atoms with Crippen LogP contribution in [-0.2, 0) is 42.4 Å². The molecule has 7 nitrogen and oxygen atoms in total. The van der Waals surface area contributed by atoms with Crippen LogP contribution in [0.1, 0.15) is 136 Å². The number of unbranched alkanes of at least 4 members (excludes halogenated alkanes) is 12. The van der Waals surface area contributed by atoms with Crippen LogP contribution in [0.25, 0.3) is 0 Å². The van der Waals surface area contributed by atoms with E-state index in [2.05, 4.69) is 6.92 Å². The second-order valence-corrected chi connectivity index (χ2v) is 17.5. The minimum Gasteiger partial charge on any atom is -0.489 e. The highest BCUT2D eigenvalue weighted by molar-refractivity contribution is 5.70. The third kappa shape index (κ3) is 15.5. The van der Waals surface area contributed by atoms with Crippen molar-refractivity contribution in [2.45, 2.75) is 142 Å². The first-order valence-electron chi connectivity index (χ1n) is 24.4. The first-order valence-corrected chi connectivity index (χ1v) is 24.4. The van der Waals surface area contributed by atoms with Crippen LogP contribution in [0.2, 0.25) is 0 Å². The van der Waals surface area contributed by atoms with Crippen molar-refractivity contribution in [1.29, 1.82) is 0 Å². The van der Waals surface area contributed by atoms with Crippen molar-refractivity contribution >= 4 is 5.97 Å². The predicted octanol–water partition coefficient (Wildman–Crippen LogP) is 15.1. The topological polar surface area (TPSA) is 72.5 Å². The molecule has 0 aromatic heterocycles. The number of hydrogen-bond donors (Lipinski definition) is 0. The average molecular weight is 889 g/mol. The number of fused-ring (bicyclic) bond motifs is 1. The zero-order chi connectivity index (χ0) is 45.4. The van der Waals surface area contributed by atoms with Crippen LogP contribution in [-0.4, -0.2) is 12.1 Å². The van der Waals surface area contributed by atoms with E-state index in [-0.39, 0.29) is 5.97 Å². The quantitative estimate of drug-likeness (QED) is 0.0359. The molecule has 6 aromatic carbocycles. The molecule has 0 fully saturated rings. The van der Waals surface area contributed by atoms with Gasteiger partial charge in [0.25, 0.3) is 0 Å². The molecule has 0 amide bonds. The summed E-state index contributed by atoms with van der Waals surface area (Å²) in [5.74, 6) is 2.83. The lowest BCUT2D eigenvalue weighted by molar-refractivity contribution is -0.155. The average Bonchev–Trinajstić information content (AvgIpc) is 3.36. The highest BCUT2D eigenvalue weighted by Crippen LogP contribution is 2.45. The maximum absolute atomic E-state index is 13.8. The van der Waals surface area contributed by atoms with Crippen molar-refractivity contribution in [2.24, 2.45) is 0 Å². The fourth-order valence-corrected chi connectivity index (χ4v) is 8.42. The Kier molecular flexibility index (Phi) is 19.3. The number of benzene rings is 6. The smallest absolute Gasteiger partial charge is 0.306 e. The second kappa shape index (κ2) is 26.7. The molecular formula is C59H68O7. The van der Waals surface area contributed by atoms with Crippen molar-refractivity contribution in [3.8, 4) is 28.7 Å². The highest BCUT2D eigenvalue weighted by Gasteiger charge is 2.37. The van der Waals surface area contributed by atoms with Crippen molar-refractivity contribution < 1.29 is 33.2 Å². The Morgan fingerprint density at radius 1 is 0.485 bits per heavy atom. The first-order chi connectivity index (χ1) is 32.6. The lowest BCUT2D eigenvalue weighted by Gasteiger charge is -2.35. The molecule has 346 valence electrons. The van der Waals surface area contributed by atoms with Crippen molar-refractivity contribution in [2.75, 3.05) is 0 Å². The first kappa shape index (κ1) is 47.7. The van der Waals surface area contributed by atoms with E-state index < -0.39 is 12.2 Å². The Bertz CT molecular complexity index is 2300. The molecule has 0 radical (unpaired) electrons. The number of carbonyl (C=O) groups is 1. The minimum atomic E-state index is -0.651. The number of hydrogen-bond acceptors (Lipinski definition) is 7. The monoisotopic (exact) mass is 888 g/mol. The van der Waals surface area contributed by atoms with Gasteiger partial charge in [-0.25, -0.2) is 0 Å². The lowest BCUT2D eigenvalue weighted by atomic mass is 9.93. The van der Waals surface area contributed by atoms with Gasteiger partial charge in [0.05, 0.1) is 0 Å². The zero-order valence-electron chi connectivity index (χ0n) is 38.9. The van der Waals surface area contributed by atoms with Gasteiger partial charge in [-0.3, -0.25) is 4.79 Å². The molecule has 1 heterocycles. The van der Waals surface area contributed by atoms with E-state index in [0.717, 1.165) is 52.6 Å². The van der Waals surface area contributed by atoms with E-state index in [1.54, 1.807) is 0 Å². The summed E-state index contributed by atoms with van der Waals surface area (Å²) < 4.78 is 39.3. The number of carbonyl (C=O) groups excluding carboxylic acids is 1. The SMILES string of the molecule is CCCCCCCCCCCCCCCC(=O)OC1Cc2c(OCc3ccccc3)cc(OCc3ccccc3)cc2OC1c1ccc(OCc2ccccc2)c(OCc2ccccc2)c1. The molecule has 0 aliphatic carbocycles. The molecule has 0 bridgehead atoms. The molecule has 1 aliphatic rings. The van der Waals surface area contributed by atoms with Crippen LogP contribution in [0.15, 0.2) is 152 Å². The van der Waals surface area contributed by atoms with Gasteiger partial charge in [0.15, 0.2) is 17.6 Å². The maximum Gasteiger partial charge on any atom is 0.306 e. The fraction of sp³-hybridized carbons (Fsp3) is 0.373. The molecule has 7 rings (SSSR count). The molecule has 2 unspecified atom stereocenters. The molecule has 0 saturated heterocycles. The Hall–Kier alpha value is -6.21. The van der Waals surface area contributed by atoms with E-state index in [4.69, 9.17) is 28.4 Å². The second-order valence-electron chi connectivity index (χ2n) is 17.5. The molecule has 2 atom stereocenters. The van der Waals surface area contributed by atoms with E-state index in [1.165, 1.54) is 64.2 Å². The third-order valence-electron chi connectivity index (χ3n) is 12.2. The number of rotatable bonds is 28. The summed E-state index contributed by atoms with van der Waals surface area (Å²) in [7, 11) is 0. The summed E-state index contributed by atoms with van der Waals surface area (Å²) in [4.78, 5) is 13.8. The lowest BCUT2D eigenvalue weighted by Crippen LogP contribution is -2.35. The molecule has 0 saturated carbocycles. The van der Waals surface area contributed by atoms with E-state index in [0.29, 0.717) is 68.0 Å². The summed E-state index contributed by atoms with van der Waals surface area (Å²) in [5.41, 5.74) is 5.80. The minimum absolute atomic E-state index is 0.224.